The van der Waals surface area contributed by atoms with Crippen LogP contribution in [0.25, 0.3) is 0 Å². The molecule has 2 aliphatic heterocycles. The van der Waals surface area contributed by atoms with Crippen molar-refractivity contribution < 1.29 is 36.2 Å². The quantitative estimate of drug-likeness (QED) is 0.0424. The van der Waals surface area contributed by atoms with Gasteiger partial charge < -0.3 is 23.6 Å². The third-order valence-corrected chi connectivity index (χ3v) is 14.2. The Hall–Kier alpha value is -1.25. The van der Waals surface area contributed by atoms with Gasteiger partial charge >= 0.3 is 0 Å². The molecular formula is C51H92O8P2S. The molecule has 0 spiro atoms. The first-order chi connectivity index (χ1) is 28.1. The minimum Gasteiger partial charge on any atom is -0.393 e. The Labute approximate surface area is 386 Å². The number of hydrogen-bond donors (Lipinski definition) is 1. The highest BCUT2D eigenvalue weighted by molar-refractivity contribution is 7.86. The fourth-order valence-electron chi connectivity index (χ4n) is 7.89. The zero-order valence-corrected chi connectivity index (χ0v) is 42.2. The van der Waals surface area contributed by atoms with Crippen molar-refractivity contribution in [2.75, 3.05) is 13.2 Å². The molecule has 0 amide bonds. The van der Waals surface area contributed by atoms with E-state index < -0.39 is 16.2 Å². The minimum atomic E-state index is -4.02. The molecule has 360 valence electrons. The molecule has 1 aromatic carbocycles. The van der Waals surface area contributed by atoms with Crippen LogP contribution in [-0.4, -0.2) is 63.4 Å². The number of ether oxygens (including phenoxy) is 2. The lowest BCUT2D eigenvalue weighted by Crippen LogP contribution is -2.25. The van der Waals surface area contributed by atoms with E-state index in [-0.39, 0.29) is 63.1 Å². The van der Waals surface area contributed by atoms with Crippen molar-refractivity contribution in [1.29, 1.82) is 0 Å². The predicted molar refractivity (Wildman–Crippen MR) is 271 cm³/mol. The number of rotatable bonds is 26. The fourth-order valence-corrected chi connectivity index (χ4v) is 10.0. The third-order valence-electron chi connectivity index (χ3n) is 12.2. The zero-order chi connectivity index (χ0) is 45.3. The van der Waals surface area contributed by atoms with Crippen molar-refractivity contribution in [3.05, 3.63) is 77.4 Å². The van der Waals surface area contributed by atoms with Crippen molar-refractivity contribution in [2.45, 2.75) is 220 Å². The van der Waals surface area contributed by atoms with Crippen molar-refractivity contribution >= 4 is 29.1 Å². The molecule has 0 saturated carbocycles. The second kappa shape index (κ2) is 30.1. The van der Waals surface area contributed by atoms with E-state index in [4.69, 9.17) is 22.7 Å². The maximum atomic E-state index is 14.1. The third kappa shape index (κ3) is 20.5. The van der Waals surface area contributed by atoms with Gasteiger partial charge in [-0.2, -0.15) is 8.42 Å². The molecule has 62 heavy (non-hydrogen) atoms. The van der Waals surface area contributed by atoms with Crippen molar-refractivity contribution in [1.82, 2.24) is 0 Å². The van der Waals surface area contributed by atoms with Crippen LogP contribution >= 0.6 is 18.9 Å². The maximum absolute atomic E-state index is 14.1. The summed E-state index contributed by atoms with van der Waals surface area (Å²) in [5.41, 5.74) is 7.23. The van der Waals surface area contributed by atoms with Gasteiger partial charge in [0.15, 0.2) is 0 Å². The monoisotopic (exact) mass is 927 g/mol. The molecule has 2 heterocycles. The van der Waals surface area contributed by atoms with Crippen LogP contribution in [0.3, 0.4) is 0 Å². The molecule has 2 unspecified atom stereocenters. The fraction of sp³-hybridized carbons (Fsp3) is 0.725. The minimum absolute atomic E-state index is 0. The normalized spacial score (nSPS) is 21.0. The van der Waals surface area contributed by atoms with Gasteiger partial charge in [-0.05, 0) is 148 Å². The smallest absolute Gasteiger partial charge is 0.297 e. The van der Waals surface area contributed by atoms with E-state index in [1.165, 1.54) is 5.57 Å². The second-order valence-corrected chi connectivity index (χ2v) is 20.9. The lowest BCUT2D eigenvalue weighted by Gasteiger charge is -2.26. The van der Waals surface area contributed by atoms with E-state index in [1.54, 1.807) is 0 Å². The first-order valence-corrected chi connectivity index (χ1v) is 24.9. The summed E-state index contributed by atoms with van der Waals surface area (Å²) in [5, 5.41) is 10.1. The Balaban J connectivity index is 0.00000137. The van der Waals surface area contributed by atoms with Crippen LogP contribution in [0.4, 0.5) is 0 Å². The van der Waals surface area contributed by atoms with E-state index in [9.17, 15) is 13.5 Å². The standard InChI is InChI=1S/C32H53O5PS.C17H31O3P.2CH4/c1-20(2)24(9)16-28(13-14-31-25(10)17-27(36-31)12-11-15-35-38)37-39(33,34)32-29(22(5)6)18-26(21(3)4)19-30(32)23(7)8;1-12(2)13(3)10-15(18)7-8-17-14(4)11-16(20-17)6-5-9-19-21;;/h18-19,21-24,27-28,31H,1,10-17,38H2,2-9H3;13,15-18H,1,4-11,21H2,2-3H3;2*1H4/t24-,27+,28-,31+;13-,15-,16+,17+;;/m11../s1. The molecule has 1 aromatic rings. The van der Waals surface area contributed by atoms with Gasteiger partial charge in [0.2, 0.25) is 0 Å². The topological polar surface area (TPSA) is 101 Å². The number of aliphatic hydroxyl groups is 1. The highest BCUT2D eigenvalue weighted by Crippen LogP contribution is 2.38. The lowest BCUT2D eigenvalue weighted by molar-refractivity contribution is 0.0299. The average Bonchev–Trinajstić information content (AvgIpc) is 3.71. The first-order valence-electron chi connectivity index (χ1n) is 22.5. The van der Waals surface area contributed by atoms with Crippen LogP contribution in [0.1, 0.15) is 196 Å². The lowest BCUT2D eigenvalue weighted by atomic mass is 9.89. The molecular weight excluding hydrogens is 835 g/mol. The molecule has 8 nitrogen and oxygen atoms in total. The van der Waals surface area contributed by atoms with Crippen LogP contribution in [0.5, 0.6) is 0 Å². The van der Waals surface area contributed by atoms with Gasteiger partial charge in [0.1, 0.15) is 4.90 Å². The Morgan fingerprint density at radius 3 is 1.53 bits per heavy atom. The second-order valence-electron chi connectivity index (χ2n) is 18.7. The molecule has 2 fully saturated rings. The molecule has 0 aliphatic carbocycles. The summed E-state index contributed by atoms with van der Waals surface area (Å²) in [5.74, 6) is 0.901. The van der Waals surface area contributed by atoms with Crippen LogP contribution < -0.4 is 0 Å². The maximum Gasteiger partial charge on any atom is 0.297 e. The molecule has 0 aromatic heterocycles. The van der Waals surface area contributed by atoms with Gasteiger partial charge in [0.05, 0.1) is 49.8 Å². The summed E-state index contributed by atoms with van der Waals surface area (Å²) in [4.78, 5) is 0.350. The highest BCUT2D eigenvalue weighted by atomic mass is 32.2. The van der Waals surface area contributed by atoms with Crippen LogP contribution in [-0.2, 0) is 32.8 Å². The van der Waals surface area contributed by atoms with Gasteiger partial charge in [0, 0.05) is 18.9 Å². The van der Waals surface area contributed by atoms with Crippen LogP contribution in [0.2, 0.25) is 0 Å². The van der Waals surface area contributed by atoms with Crippen LogP contribution in [0.15, 0.2) is 65.6 Å². The van der Waals surface area contributed by atoms with E-state index in [0.29, 0.717) is 42.6 Å². The van der Waals surface area contributed by atoms with Crippen molar-refractivity contribution in [3.8, 4) is 0 Å². The number of aliphatic hydroxyl groups excluding tert-OH is 1. The van der Waals surface area contributed by atoms with Gasteiger partial charge in [-0.3, -0.25) is 4.18 Å². The SMILES string of the molecule is C.C.C=C(C)[C@H](C)C[C@@H](CC[C@@H]1O[C@@H](CCCOP)CC1=C)OS(=O)(=O)c1c(C(C)C)cc(C(C)C)cc1C(C)C.C=C(C)[C@H](C)C[C@H](O)CC[C@@H]1O[C@@H](CCCOP)CC1=C. The van der Waals surface area contributed by atoms with E-state index in [1.807, 2.05) is 41.5 Å². The Bertz CT molecular complexity index is 1590. The summed E-state index contributed by atoms with van der Waals surface area (Å²) < 4.78 is 56.7. The highest BCUT2D eigenvalue weighted by Gasteiger charge is 2.34. The molecule has 2 aliphatic rings. The molecule has 0 radical (unpaired) electrons. The number of benzene rings is 1. The van der Waals surface area contributed by atoms with E-state index in [0.717, 1.165) is 97.8 Å². The van der Waals surface area contributed by atoms with E-state index in [2.05, 4.69) is 85.1 Å². The summed E-state index contributed by atoms with van der Waals surface area (Å²) >= 11 is 0. The summed E-state index contributed by atoms with van der Waals surface area (Å²) in [6.45, 7) is 38.5. The average molecular weight is 927 g/mol. The van der Waals surface area contributed by atoms with Gasteiger partial charge in [-0.15, -0.1) is 0 Å². The molecule has 1 N–H and O–H groups in total. The molecule has 11 heteroatoms. The Kier molecular flexibility index (Phi) is 29.5. The zero-order valence-electron chi connectivity index (χ0n) is 39.1. The Morgan fingerprint density at radius 2 is 1.15 bits per heavy atom. The van der Waals surface area contributed by atoms with Crippen molar-refractivity contribution in [3.63, 3.8) is 0 Å². The van der Waals surface area contributed by atoms with Crippen LogP contribution in [0, 0.1) is 11.8 Å². The molecule has 0 bridgehead atoms. The molecule has 10 atom stereocenters. The summed E-state index contributed by atoms with van der Waals surface area (Å²) in [6, 6.07) is 4.11. The predicted octanol–water partition coefficient (Wildman–Crippen LogP) is 14.1. The van der Waals surface area contributed by atoms with E-state index >= 15 is 0 Å². The summed E-state index contributed by atoms with van der Waals surface area (Å²) in [7, 11) is 0.542. The molecule has 3 rings (SSSR count). The van der Waals surface area contributed by atoms with Gasteiger partial charge in [0.25, 0.3) is 10.1 Å². The molecule has 2 saturated heterocycles. The van der Waals surface area contributed by atoms with Crippen molar-refractivity contribution in [2.24, 2.45) is 11.8 Å². The number of allylic oxidation sites excluding steroid dienone is 2. The first kappa shape index (κ1) is 60.8. The largest absolute Gasteiger partial charge is 0.393 e. The Morgan fingerprint density at radius 1 is 0.726 bits per heavy atom. The van der Waals surface area contributed by atoms with Gasteiger partial charge in [-0.1, -0.05) is 120 Å². The van der Waals surface area contributed by atoms with Gasteiger partial charge in [-0.25, -0.2) is 0 Å². The summed E-state index contributed by atoms with van der Waals surface area (Å²) in [6.07, 6.45) is 9.59. The number of hydrogen-bond acceptors (Lipinski definition) is 8.